The van der Waals surface area contributed by atoms with E-state index in [1.54, 1.807) is 18.7 Å². The molecule has 2 saturated heterocycles. The fraction of sp³-hybridized carbons (Fsp3) is 0.478. The zero-order valence-corrected chi connectivity index (χ0v) is 20.1. The lowest BCUT2D eigenvalue weighted by Crippen LogP contribution is -2.52. The van der Waals surface area contributed by atoms with Gasteiger partial charge in [-0.15, -0.1) is 0 Å². The molecule has 3 atom stereocenters. The lowest BCUT2D eigenvalue weighted by Gasteiger charge is -2.38. The minimum Gasteiger partial charge on any atom is -0.475 e. The topological polar surface area (TPSA) is 142 Å². The van der Waals surface area contributed by atoms with Crippen LogP contribution in [-0.2, 0) is 32.2 Å². The van der Waals surface area contributed by atoms with Crippen LogP contribution in [0.4, 0.5) is 26.3 Å². The number of furan rings is 1. The van der Waals surface area contributed by atoms with Crippen LogP contribution in [0.5, 0.6) is 0 Å². The second-order valence-corrected chi connectivity index (χ2v) is 8.43. The number of alkyl halides is 6. The van der Waals surface area contributed by atoms with Crippen LogP contribution in [0.3, 0.4) is 0 Å². The molecule has 0 aromatic carbocycles. The first-order chi connectivity index (χ1) is 18.2. The van der Waals surface area contributed by atoms with Crippen LogP contribution >= 0.6 is 0 Å². The molecule has 2 aliphatic heterocycles. The Bertz CT molecular complexity index is 1040. The van der Waals surface area contributed by atoms with Crippen LogP contribution in [0.1, 0.15) is 17.7 Å². The number of carbonyl (C=O) groups is 3. The van der Waals surface area contributed by atoms with Crippen molar-refractivity contribution in [3.63, 3.8) is 0 Å². The number of likely N-dealkylation sites (tertiary alicyclic amines) is 1. The molecular weight excluding hydrogens is 544 g/mol. The van der Waals surface area contributed by atoms with Gasteiger partial charge in [-0.05, 0) is 30.2 Å². The summed E-state index contributed by atoms with van der Waals surface area (Å²) in [5, 5.41) is 17.3. The molecule has 2 aromatic rings. The predicted molar refractivity (Wildman–Crippen MR) is 119 cm³/mol. The van der Waals surface area contributed by atoms with Crippen molar-refractivity contribution in [2.24, 2.45) is 11.8 Å². The molecule has 4 heterocycles. The summed E-state index contributed by atoms with van der Waals surface area (Å²) < 4.78 is 74.8. The Hall–Kier alpha value is -3.66. The van der Waals surface area contributed by atoms with Gasteiger partial charge in [-0.2, -0.15) is 26.3 Å². The first kappa shape index (κ1) is 31.6. The SMILES string of the molecule is O=C(NCc1cccnc1)[C@@H]1CN(Cc2ccco2)C[C@H]2OCC[C@H]21.O=C(O)C(F)(F)F.O=C(O)C(F)(F)F. The molecule has 2 aromatic heterocycles. The molecule has 2 fully saturated rings. The number of hydrogen-bond acceptors (Lipinski definition) is 7. The molecule has 1 amide bonds. The summed E-state index contributed by atoms with van der Waals surface area (Å²) >= 11 is 0. The van der Waals surface area contributed by atoms with E-state index in [1.807, 2.05) is 24.3 Å². The number of aromatic nitrogens is 1. The molecule has 4 rings (SSSR count). The van der Waals surface area contributed by atoms with Crippen molar-refractivity contribution < 1.29 is 60.1 Å². The van der Waals surface area contributed by atoms with E-state index in [9.17, 15) is 31.1 Å². The summed E-state index contributed by atoms with van der Waals surface area (Å²) in [5.41, 5.74) is 1.01. The zero-order chi connectivity index (χ0) is 29.2. The number of carboxylic acids is 2. The summed E-state index contributed by atoms with van der Waals surface area (Å²) in [4.78, 5) is 37.0. The first-order valence-electron chi connectivity index (χ1n) is 11.3. The van der Waals surface area contributed by atoms with Gasteiger partial charge in [0, 0.05) is 44.6 Å². The van der Waals surface area contributed by atoms with Gasteiger partial charge >= 0.3 is 24.3 Å². The lowest BCUT2D eigenvalue weighted by molar-refractivity contribution is -0.193. The zero-order valence-electron chi connectivity index (χ0n) is 20.1. The molecule has 0 spiro atoms. The number of halogens is 6. The third kappa shape index (κ3) is 10.6. The molecule has 2 aliphatic rings. The molecule has 3 N–H and O–H groups in total. The molecular formula is C23H25F6N3O7. The van der Waals surface area contributed by atoms with Crippen LogP contribution in [0.2, 0.25) is 0 Å². The van der Waals surface area contributed by atoms with Gasteiger partial charge in [0.2, 0.25) is 5.91 Å². The second kappa shape index (κ2) is 13.9. The second-order valence-electron chi connectivity index (χ2n) is 8.43. The van der Waals surface area contributed by atoms with Gasteiger partial charge in [-0.25, -0.2) is 9.59 Å². The van der Waals surface area contributed by atoms with E-state index in [-0.39, 0.29) is 17.9 Å². The van der Waals surface area contributed by atoms with E-state index < -0.39 is 24.3 Å². The van der Waals surface area contributed by atoms with Gasteiger partial charge in [0.25, 0.3) is 0 Å². The van der Waals surface area contributed by atoms with Crippen molar-refractivity contribution in [1.29, 1.82) is 0 Å². The van der Waals surface area contributed by atoms with Crippen LogP contribution < -0.4 is 5.32 Å². The average molecular weight is 569 g/mol. The van der Waals surface area contributed by atoms with E-state index in [0.29, 0.717) is 19.0 Å². The summed E-state index contributed by atoms with van der Waals surface area (Å²) in [6, 6.07) is 7.72. The van der Waals surface area contributed by atoms with E-state index in [4.69, 9.17) is 29.0 Å². The maximum Gasteiger partial charge on any atom is 0.490 e. The average Bonchev–Trinajstić information content (AvgIpc) is 3.54. The lowest BCUT2D eigenvalue weighted by atomic mass is 9.82. The normalized spacial score (nSPS) is 20.9. The number of hydrogen-bond donors (Lipinski definition) is 3. The largest absolute Gasteiger partial charge is 0.490 e. The van der Waals surface area contributed by atoms with Crippen LogP contribution in [0.25, 0.3) is 0 Å². The van der Waals surface area contributed by atoms with Crippen molar-refractivity contribution in [2.45, 2.75) is 38.0 Å². The fourth-order valence-corrected chi connectivity index (χ4v) is 3.91. The van der Waals surface area contributed by atoms with Crippen molar-refractivity contribution in [2.75, 3.05) is 19.7 Å². The molecule has 0 unspecified atom stereocenters. The summed E-state index contributed by atoms with van der Waals surface area (Å²) in [6.07, 6.45) is -3.86. The van der Waals surface area contributed by atoms with Crippen LogP contribution in [-0.4, -0.2) is 76.1 Å². The summed E-state index contributed by atoms with van der Waals surface area (Å²) in [6.45, 7) is 3.57. The Balaban J connectivity index is 0.000000317. The van der Waals surface area contributed by atoms with E-state index in [0.717, 1.165) is 37.4 Å². The van der Waals surface area contributed by atoms with Crippen molar-refractivity contribution in [3.8, 4) is 0 Å². The third-order valence-electron chi connectivity index (χ3n) is 5.64. The van der Waals surface area contributed by atoms with E-state index in [1.165, 1.54) is 0 Å². The van der Waals surface area contributed by atoms with Gasteiger partial charge in [0.1, 0.15) is 5.76 Å². The molecule has 10 nitrogen and oxygen atoms in total. The van der Waals surface area contributed by atoms with Gasteiger partial charge < -0.3 is 24.7 Å². The first-order valence-corrected chi connectivity index (χ1v) is 11.3. The number of ether oxygens (including phenoxy) is 1. The molecule has 0 bridgehead atoms. The summed E-state index contributed by atoms with van der Waals surface area (Å²) in [7, 11) is 0. The molecule has 0 saturated carbocycles. The minimum atomic E-state index is -5.08. The van der Waals surface area contributed by atoms with Gasteiger partial charge in [0.05, 0.1) is 24.8 Å². The fourth-order valence-electron chi connectivity index (χ4n) is 3.91. The van der Waals surface area contributed by atoms with Crippen molar-refractivity contribution >= 4 is 17.8 Å². The number of aliphatic carboxylic acids is 2. The molecule has 0 aliphatic carbocycles. The number of carbonyl (C=O) groups excluding carboxylic acids is 1. The standard InChI is InChI=1S/C19H23N3O3.2C2HF3O2/c23-19(21-10-14-3-1-6-20-9-14)17-12-22(11-15-4-2-7-24-15)13-18-16(17)5-8-25-18;2*3-2(4,5)1(6)7/h1-4,6-7,9,16-18H,5,8,10-13H2,(H,21,23);2*(H,6,7)/t16-,17+,18+;;/m0../s1. The van der Waals surface area contributed by atoms with E-state index in [2.05, 4.69) is 15.2 Å². The number of amides is 1. The Labute approximate surface area is 217 Å². The number of nitrogens with zero attached hydrogens (tertiary/aromatic N) is 2. The van der Waals surface area contributed by atoms with Gasteiger partial charge in [0.15, 0.2) is 0 Å². The Kier molecular flexibility index (Phi) is 11.3. The minimum absolute atomic E-state index is 0.0483. The molecule has 39 heavy (non-hydrogen) atoms. The smallest absolute Gasteiger partial charge is 0.475 e. The highest BCUT2D eigenvalue weighted by Gasteiger charge is 2.44. The summed E-state index contributed by atoms with van der Waals surface area (Å²) in [5.74, 6) is -4.23. The van der Waals surface area contributed by atoms with Crippen molar-refractivity contribution in [1.82, 2.24) is 15.2 Å². The van der Waals surface area contributed by atoms with Gasteiger partial charge in [-0.1, -0.05) is 6.07 Å². The number of rotatable bonds is 5. The molecule has 16 heteroatoms. The van der Waals surface area contributed by atoms with Crippen molar-refractivity contribution in [3.05, 3.63) is 54.2 Å². The highest BCUT2D eigenvalue weighted by Crippen LogP contribution is 2.34. The Morgan fingerprint density at radius 2 is 1.67 bits per heavy atom. The highest BCUT2D eigenvalue weighted by atomic mass is 19.4. The number of carboxylic acid groups (broad SMARTS) is 2. The third-order valence-corrected chi connectivity index (χ3v) is 5.64. The number of fused-ring (bicyclic) bond motifs is 1. The molecule has 0 radical (unpaired) electrons. The Morgan fingerprint density at radius 1 is 1.03 bits per heavy atom. The monoisotopic (exact) mass is 569 g/mol. The maximum atomic E-state index is 12.8. The van der Waals surface area contributed by atoms with Gasteiger partial charge in [-0.3, -0.25) is 14.7 Å². The molecule has 216 valence electrons. The predicted octanol–water partition coefficient (Wildman–Crippen LogP) is 3.09. The maximum absolute atomic E-state index is 12.8. The van der Waals surface area contributed by atoms with E-state index >= 15 is 0 Å². The Morgan fingerprint density at radius 3 is 2.18 bits per heavy atom. The quantitative estimate of drug-likeness (QED) is 0.463. The number of pyridine rings is 1. The van der Waals surface area contributed by atoms with Crippen LogP contribution in [0.15, 0.2) is 47.3 Å². The highest BCUT2D eigenvalue weighted by molar-refractivity contribution is 5.79. The number of piperidine rings is 1. The number of nitrogens with one attached hydrogen (secondary N) is 1. The van der Waals surface area contributed by atoms with Crippen LogP contribution in [0, 0.1) is 11.8 Å².